The topological polar surface area (TPSA) is 93.7 Å². The molecule has 12 heteroatoms. The molecular formula is C21H39N3O6S3. The molecule has 0 fully saturated rings. The number of rotatable bonds is 15. The Balaban J connectivity index is 3.34. The van der Waals surface area contributed by atoms with E-state index in [1.807, 2.05) is 41.5 Å². The Morgan fingerprint density at radius 1 is 0.545 bits per heavy atom. The first-order valence-corrected chi connectivity index (χ1v) is 12.7. The lowest BCUT2D eigenvalue weighted by Crippen LogP contribution is -2.56. The van der Waals surface area contributed by atoms with Crippen LogP contribution in [0.2, 0.25) is 0 Å². The van der Waals surface area contributed by atoms with Crippen molar-refractivity contribution in [2.24, 2.45) is 17.8 Å². The van der Waals surface area contributed by atoms with E-state index < -0.39 is 33.4 Å². The number of aromatic nitrogens is 3. The Hall–Kier alpha value is -0.660. The van der Waals surface area contributed by atoms with Crippen LogP contribution in [0.1, 0.15) is 41.5 Å². The highest BCUT2D eigenvalue weighted by Gasteiger charge is 2.21. The molecule has 3 atom stereocenters. The lowest BCUT2D eigenvalue weighted by atomic mass is 10.2. The third kappa shape index (κ3) is 10.6. The van der Waals surface area contributed by atoms with Crippen molar-refractivity contribution in [2.75, 3.05) is 19.8 Å². The molecule has 0 aliphatic carbocycles. The van der Waals surface area contributed by atoms with E-state index in [1.54, 1.807) is 0 Å². The summed E-state index contributed by atoms with van der Waals surface area (Å²) in [6.07, 6.45) is 0. The lowest BCUT2D eigenvalue weighted by molar-refractivity contribution is 0.0694. The highest BCUT2D eigenvalue weighted by molar-refractivity contribution is 7.81. The van der Waals surface area contributed by atoms with E-state index in [2.05, 4.69) is 37.9 Å². The Bertz CT molecular complexity index is 752. The van der Waals surface area contributed by atoms with Crippen molar-refractivity contribution in [1.29, 1.82) is 0 Å². The van der Waals surface area contributed by atoms with Crippen LogP contribution in [0, 0.1) is 17.8 Å². The maximum atomic E-state index is 13.1. The van der Waals surface area contributed by atoms with Crippen LogP contribution in [0.5, 0.6) is 0 Å². The summed E-state index contributed by atoms with van der Waals surface area (Å²) in [5.74, 6) is 0.772. The summed E-state index contributed by atoms with van der Waals surface area (Å²) in [5.41, 5.74) is -4.40. The molecule has 3 unspecified atom stereocenters. The van der Waals surface area contributed by atoms with Gasteiger partial charge in [-0.05, 0) is 17.8 Å². The van der Waals surface area contributed by atoms with Crippen molar-refractivity contribution in [3.8, 4) is 0 Å². The van der Waals surface area contributed by atoms with Crippen LogP contribution in [0.4, 0.5) is 0 Å². The van der Waals surface area contributed by atoms with Gasteiger partial charge < -0.3 is 14.2 Å². The minimum absolute atomic E-state index is 0.123. The summed E-state index contributed by atoms with van der Waals surface area (Å²) in [6, 6.07) is 0. The van der Waals surface area contributed by atoms with Gasteiger partial charge in [0.25, 0.3) is 0 Å². The van der Waals surface area contributed by atoms with Gasteiger partial charge in [0.1, 0.15) is 16.3 Å². The normalized spacial score (nSPS) is 14.9. The Morgan fingerprint density at radius 2 is 0.758 bits per heavy atom. The fourth-order valence-corrected chi connectivity index (χ4v) is 3.44. The highest BCUT2D eigenvalue weighted by atomic mass is 32.1. The second-order valence-corrected chi connectivity index (χ2v) is 11.0. The Kier molecular flexibility index (Phi) is 13.5. The van der Waals surface area contributed by atoms with Crippen molar-refractivity contribution in [2.45, 2.75) is 77.5 Å². The molecule has 0 saturated heterocycles. The standard InChI is InChI=1S/C21H39N3O6S3/c1-13(2)10-28-16(31)7-22-19(25)23(8-17(32)29-11-14(3)4)21(27)24(20(22)26)9-18(33)30-12-15(5)6/h13-18,31-33H,7-12H2,1-6H3. The average Bonchev–Trinajstić information content (AvgIpc) is 2.72. The van der Waals surface area contributed by atoms with Gasteiger partial charge in [0.05, 0.1) is 39.5 Å². The van der Waals surface area contributed by atoms with E-state index in [4.69, 9.17) is 14.2 Å². The van der Waals surface area contributed by atoms with Crippen LogP contribution in [0.15, 0.2) is 14.4 Å². The summed E-state index contributed by atoms with van der Waals surface area (Å²) >= 11 is 13.1. The number of hydrogen-bond donors (Lipinski definition) is 3. The molecule has 0 radical (unpaired) electrons. The van der Waals surface area contributed by atoms with Crippen LogP contribution in [0.3, 0.4) is 0 Å². The van der Waals surface area contributed by atoms with Gasteiger partial charge in [0, 0.05) is 0 Å². The number of nitrogens with zero attached hydrogens (tertiary/aromatic N) is 3. The fourth-order valence-electron chi connectivity index (χ4n) is 2.69. The molecule has 1 aromatic heterocycles. The molecule has 1 heterocycles. The second kappa shape index (κ2) is 14.7. The van der Waals surface area contributed by atoms with Gasteiger partial charge in [-0.1, -0.05) is 41.5 Å². The van der Waals surface area contributed by atoms with Gasteiger partial charge in [-0.2, -0.15) is 0 Å². The van der Waals surface area contributed by atoms with E-state index >= 15 is 0 Å². The first-order valence-electron chi connectivity index (χ1n) is 11.2. The molecule has 192 valence electrons. The van der Waals surface area contributed by atoms with Crippen molar-refractivity contribution in [3.05, 3.63) is 31.5 Å². The smallest absolute Gasteiger partial charge is 0.336 e. The summed E-state index contributed by atoms with van der Waals surface area (Å²) in [4.78, 5) is 39.3. The van der Waals surface area contributed by atoms with E-state index in [0.29, 0.717) is 19.8 Å². The Labute approximate surface area is 212 Å². The van der Waals surface area contributed by atoms with Gasteiger partial charge >= 0.3 is 17.1 Å². The van der Waals surface area contributed by atoms with E-state index in [-0.39, 0.29) is 37.4 Å². The molecule has 0 spiro atoms. The highest BCUT2D eigenvalue weighted by Crippen LogP contribution is 2.06. The molecular weight excluding hydrogens is 486 g/mol. The number of hydrogen-bond acceptors (Lipinski definition) is 9. The van der Waals surface area contributed by atoms with Gasteiger partial charge in [0.2, 0.25) is 0 Å². The molecule has 1 aromatic rings. The third-order valence-electron chi connectivity index (χ3n) is 4.27. The van der Waals surface area contributed by atoms with Crippen LogP contribution >= 0.6 is 37.9 Å². The first kappa shape index (κ1) is 30.4. The summed E-state index contributed by atoms with van der Waals surface area (Å²) in [5, 5.41) is 0. The zero-order valence-electron chi connectivity index (χ0n) is 20.3. The zero-order valence-corrected chi connectivity index (χ0v) is 23.0. The predicted molar refractivity (Wildman–Crippen MR) is 140 cm³/mol. The monoisotopic (exact) mass is 525 g/mol. The zero-order chi connectivity index (χ0) is 25.3. The maximum absolute atomic E-state index is 13.1. The van der Waals surface area contributed by atoms with E-state index in [1.165, 1.54) is 0 Å². The summed E-state index contributed by atoms with van der Waals surface area (Å²) < 4.78 is 19.7. The molecule has 0 saturated carbocycles. The average molecular weight is 526 g/mol. The molecule has 0 aliphatic rings. The first-order chi connectivity index (χ1) is 15.3. The largest absolute Gasteiger partial charge is 0.366 e. The van der Waals surface area contributed by atoms with Crippen LogP contribution in [0.25, 0.3) is 0 Å². The summed E-state index contributed by atoms with van der Waals surface area (Å²) in [7, 11) is 0. The van der Waals surface area contributed by atoms with Gasteiger partial charge in [-0.3, -0.25) is 0 Å². The van der Waals surface area contributed by atoms with Crippen LogP contribution in [-0.2, 0) is 33.8 Å². The van der Waals surface area contributed by atoms with E-state index in [0.717, 1.165) is 13.7 Å². The second-order valence-electron chi connectivity index (χ2n) is 9.23. The maximum Gasteiger partial charge on any atom is 0.336 e. The van der Waals surface area contributed by atoms with Crippen molar-refractivity contribution in [1.82, 2.24) is 13.7 Å². The van der Waals surface area contributed by atoms with Crippen LogP contribution < -0.4 is 17.1 Å². The molecule has 1 rings (SSSR count). The van der Waals surface area contributed by atoms with E-state index in [9.17, 15) is 14.4 Å². The molecule has 0 aromatic carbocycles. The number of ether oxygens (including phenoxy) is 3. The van der Waals surface area contributed by atoms with Crippen molar-refractivity contribution in [3.63, 3.8) is 0 Å². The summed E-state index contributed by atoms with van der Waals surface area (Å²) in [6.45, 7) is 12.8. The molecule has 9 nitrogen and oxygen atoms in total. The predicted octanol–water partition coefficient (Wildman–Crippen LogP) is 1.96. The molecule has 0 aliphatic heterocycles. The minimum Gasteiger partial charge on any atom is -0.366 e. The number of thiol groups is 3. The minimum atomic E-state index is -0.764. The molecule has 0 bridgehead atoms. The molecule has 0 N–H and O–H groups in total. The quantitative estimate of drug-likeness (QED) is 0.239. The molecule has 0 amide bonds. The Morgan fingerprint density at radius 3 is 0.939 bits per heavy atom. The van der Waals surface area contributed by atoms with Crippen molar-refractivity contribution >= 4 is 37.9 Å². The fraction of sp³-hybridized carbons (Fsp3) is 0.857. The molecule has 33 heavy (non-hydrogen) atoms. The third-order valence-corrected chi connectivity index (χ3v) is 5.20. The van der Waals surface area contributed by atoms with Crippen LogP contribution in [-0.4, -0.2) is 49.8 Å². The van der Waals surface area contributed by atoms with Gasteiger partial charge in [-0.15, -0.1) is 37.9 Å². The van der Waals surface area contributed by atoms with Gasteiger partial charge in [0.15, 0.2) is 0 Å². The SMILES string of the molecule is CC(C)COC(S)Cn1c(=O)n(CC(S)OCC(C)C)c(=O)n(CC(S)OCC(C)C)c1=O. The lowest BCUT2D eigenvalue weighted by Gasteiger charge is -2.21. The van der Waals surface area contributed by atoms with Gasteiger partial charge in [-0.25, -0.2) is 28.1 Å². The van der Waals surface area contributed by atoms with Crippen molar-refractivity contribution < 1.29 is 14.2 Å².